The molecule has 0 aliphatic carbocycles. The molecule has 0 aromatic rings. The molecule has 0 radical (unpaired) electrons. The van der Waals surface area contributed by atoms with Gasteiger partial charge >= 0.3 is 5.97 Å². The molecule has 80 valence electrons. The summed E-state index contributed by atoms with van der Waals surface area (Å²) in [5, 5.41) is 2.69. The van der Waals surface area contributed by atoms with Gasteiger partial charge in [-0.15, -0.1) is 0 Å². The predicted molar refractivity (Wildman–Crippen MR) is 50.7 cm³/mol. The first-order valence-electron chi connectivity index (χ1n) is 4.29. The number of hydrogen-bond donors (Lipinski definition) is 2. The summed E-state index contributed by atoms with van der Waals surface area (Å²) >= 11 is 0. The molecule has 0 spiro atoms. The molecule has 0 unspecified atom stereocenters. The van der Waals surface area contributed by atoms with E-state index in [1.54, 1.807) is 0 Å². The lowest BCUT2D eigenvalue weighted by atomic mass is 9.96. The van der Waals surface area contributed by atoms with Gasteiger partial charge in [-0.25, -0.2) is 4.79 Å². The fourth-order valence-electron chi connectivity index (χ4n) is 0.898. The first kappa shape index (κ1) is 12.7. The number of azide groups is 1. The quantitative estimate of drug-likeness (QED) is 0.214. The Hall–Kier alpha value is -1.30. The summed E-state index contributed by atoms with van der Waals surface area (Å²) in [5.74, 6) is -0.729. The van der Waals surface area contributed by atoms with Crippen LogP contribution in [0.15, 0.2) is 5.28 Å². The average molecular weight is 201 g/mol. The van der Waals surface area contributed by atoms with Crippen LogP contribution < -0.4 is 11.5 Å². The molecular weight excluding hydrogens is 186 g/mol. The van der Waals surface area contributed by atoms with Crippen LogP contribution in [-0.2, 0) is 9.63 Å². The van der Waals surface area contributed by atoms with E-state index in [2.05, 4.69) is 15.0 Å². The Kier molecular flexibility index (Phi) is 5.62. The zero-order valence-corrected chi connectivity index (χ0v) is 8.14. The van der Waals surface area contributed by atoms with Gasteiger partial charge in [0.15, 0.2) is 0 Å². The van der Waals surface area contributed by atoms with Crippen molar-refractivity contribution in [3.05, 3.63) is 10.4 Å². The lowest BCUT2D eigenvalue weighted by molar-refractivity contribution is -0.150. The van der Waals surface area contributed by atoms with Gasteiger partial charge in [0.05, 0.1) is 0 Å². The van der Waals surface area contributed by atoms with Gasteiger partial charge in [0, 0.05) is 4.91 Å². The number of nitrogens with zero attached hydrogens (tertiary/aromatic N) is 3. The number of hydrogen-bond acceptors (Lipinski definition) is 5. The molecule has 0 heterocycles. The normalized spacial score (nSPS) is 13.9. The number of rotatable bonds is 6. The van der Waals surface area contributed by atoms with Crippen LogP contribution >= 0.6 is 0 Å². The molecule has 4 N–H and O–H groups in total. The fourth-order valence-corrected chi connectivity index (χ4v) is 0.898. The van der Waals surface area contributed by atoms with Gasteiger partial charge < -0.3 is 16.3 Å². The topological polar surface area (TPSA) is 127 Å². The summed E-state index contributed by atoms with van der Waals surface area (Å²) in [4.78, 5) is 17.7. The van der Waals surface area contributed by atoms with Gasteiger partial charge in [0.1, 0.15) is 10.8 Å². The van der Waals surface area contributed by atoms with E-state index >= 15 is 0 Å². The smallest absolute Gasteiger partial charge is 0.337 e. The molecule has 0 aliphatic heterocycles. The molecule has 0 aromatic carbocycles. The molecule has 0 saturated heterocycles. The number of nitrogens with two attached hydrogens (primary N) is 2. The Balaban J connectivity index is 4.02. The Bertz CT molecular complexity index is 234. The monoisotopic (exact) mass is 201 g/mol. The zero-order valence-electron chi connectivity index (χ0n) is 8.14. The van der Waals surface area contributed by atoms with Crippen molar-refractivity contribution in [3.63, 3.8) is 0 Å². The largest absolute Gasteiger partial charge is 0.357 e. The molecule has 0 aliphatic rings. The van der Waals surface area contributed by atoms with Gasteiger partial charge in [0.25, 0.3) is 0 Å². The van der Waals surface area contributed by atoms with E-state index in [9.17, 15) is 4.79 Å². The highest BCUT2D eigenvalue weighted by Crippen LogP contribution is 2.12. The van der Waals surface area contributed by atoms with Crippen LogP contribution in [0.5, 0.6) is 0 Å². The van der Waals surface area contributed by atoms with E-state index in [0.29, 0.717) is 13.0 Å². The standard InChI is InChI=1S/C7H15N5O2/c1-7(9,4-2-3-5-8)6(13)14-12-11-10/h2-5,8-9H2,1H3/t7-/m0/s1. The minimum absolute atomic E-state index is 0.448. The van der Waals surface area contributed by atoms with Crippen LogP contribution in [0.1, 0.15) is 26.2 Å². The first-order chi connectivity index (χ1) is 6.54. The SMILES string of the molecule is C[C@](N)(CCCCN)C(=O)ON=[N+]=[N-]. The third-order valence-corrected chi connectivity index (χ3v) is 1.78. The van der Waals surface area contributed by atoms with Crippen LogP contribution in [0.2, 0.25) is 0 Å². The second-order valence-corrected chi connectivity index (χ2v) is 3.21. The van der Waals surface area contributed by atoms with Gasteiger partial charge in [-0.2, -0.15) is 0 Å². The van der Waals surface area contributed by atoms with Crippen LogP contribution in [-0.4, -0.2) is 18.1 Å². The Morgan fingerprint density at radius 2 is 2.29 bits per heavy atom. The van der Waals surface area contributed by atoms with Crippen molar-refractivity contribution in [1.29, 1.82) is 0 Å². The minimum atomic E-state index is -1.12. The third kappa shape index (κ3) is 4.66. The molecule has 0 amide bonds. The van der Waals surface area contributed by atoms with Crippen molar-refractivity contribution in [1.82, 2.24) is 0 Å². The van der Waals surface area contributed by atoms with E-state index in [1.807, 2.05) is 0 Å². The van der Waals surface area contributed by atoms with Gasteiger partial charge in [-0.05, 0) is 38.3 Å². The molecular formula is C7H15N5O2. The second kappa shape index (κ2) is 6.20. The predicted octanol–water partition coefficient (Wildman–Crippen LogP) is 0.601. The molecule has 0 saturated carbocycles. The molecule has 7 heteroatoms. The van der Waals surface area contributed by atoms with E-state index in [0.717, 1.165) is 12.8 Å². The van der Waals surface area contributed by atoms with E-state index < -0.39 is 11.5 Å². The lowest BCUT2D eigenvalue weighted by Crippen LogP contribution is -2.45. The van der Waals surface area contributed by atoms with E-state index in [1.165, 1.54) is 6.92 Å². The average Bonchev–Trinajstić information content (AvgIpc) is 2.14. The molecule has 0 fully saturated rings. The van der Waals surface area contributed by atoms with Crippen LogP contribution in [0, 0.1) is 0 Å². The highest BCUT2D eigenvalue weighted by molar-refractivity contribution is 5.79. The maximum atomic E-state index is 11.2. The van der Waals surface area contributed by atoms with Crippen molar-refractivity contribution >= 4 is 5.97 Å². The second-order valence-electron chi connectivity index (χ2n) is 3.21. The summed E-state index contributed by atoms with van der Waals surface area (Å²) in [6, 6.07) is 0. The Morgan fingerprint density at radius 1 is 1.64 bits per heavy atom. The van der Waals surface area contributed by atoms with Crippen molar-refractivity contribution < 1.29 is 9.63 Å². The summed E-state index contributed by atoms with van der Waals surface area (Å²) in [6.07, 6.45) is 1.97. The summed E-state index contributed by atoms with van der Waals surface area (Å²) in [5.41, 5.74) is 17.7. The van der Waals surface area contributed by atoms with Crippen molar-refractivity contribution in [2.45, 2.75) is 31.7 Å². The Morgan fingerprint density at radius 3 is 2.79 bits per heavy atom. The van der Waals surface area contributed by atoms with Gasteiger partial charge in [-0.3, -0.25) is 0 Å². The van der Waals surface area contributed by atoms with Crippen molar-refractivity contribution in [2.24, 2.45) is 16.7 Å². The molecule has 14 heavy (non-hydrogen) atoms. The highest BCUT2D eigenvalue weighted by Gasteiger charge is 2.29. The van der Waals surface area contributed by atoms with Gasteiger partial charge in [0.2, 0.25) is 0 Å². The summed E-state index contributed by atoms with van der Waals surface area (Å²) in [7, 11) is 0. The summed E-state index contributed by atoms with van der Waals surface area (Å²) in [6.45, 7) is 2.08. The van der Waals surface area contributed by atoms with Crippen molar-refractivity contribution in [3.8, 4) is 0 Å². The van der Waals surface area contributed by atoms with Crippen molar-refractivity contribution in [2.75, 3.05) is 6.54 Å². The minimum Gasteiger partial charge on any atom is -0.357 e. The van der Waals surface area contributed by atoms with Gasteiger partial charge in [-0.1, -0.05) is 0 Å². The summed E-state index contributed by atoms with van der Waals surface area (Å²) < 4.78 is 0. The highest BCUT2D eigenvalue weighted by atomic mass is 16.7. The number of carbonyl (C=O) groups is 1. The third-order valence-electron chi connectivity index (χ3n) is 1.78. The Labute approximate surface area is 82.0 Å². The number of carbonyl (C=O) groups excluding carboxylic acids is 1. The fraction of sp³-hybridized carbons (Fsp3) is 0.857. The molecule has 1 atom stereocenters. The first-order valence-corrected chi connectivity index (χ1v) is 4.29. The van der Waals surface area contributed by atoms with Crippen LogP contribution in [0.25, 0.3) is 10.4 Å². The molecule has 0 bridgehead atoms. The van der Waals surface area contributed by atoms with Crippen LogP contribution in [0.3, 0.4) is 0 Å². The number of unbranched alkanes of at least 4 members (excludes halogenated alkanes) is 1. The zero-order chi connectivity index (χ0) is 11.0. The molecule has 0 rings (SSSR count). The molecule has 7 nitrogen and oxygen atoms in total. The maximum Gasteiger partial charge on any atom is 0.337 e. The maximum absolute atomic E-state index is 11.2. The van der Waals surface area contributed by atoms with E-state index in [-0.39, 0.29) is 0 Å². The van der Waals surface area contributed by atoms with Crippen LogP contribution in [0.4, 0.5) is 0 Å². The van der Waals surface area contributed by atoms with E-state index in [4.69, 9.17) is 17.0 Å². The molecule has 0 aromatic heterocycles. The lowest BCUT2D eigenvalue weighted by Gasteiger charge is -2.19.